The van der Waals surface area contributed by atoms with Gasteiger partial charge in [0.05, 0.1) is 46.3 Å². The van der Waals surface area contributed by atoms with Crippen LogP contribution in [-0.2, 0) is 5.41 Å². The van der Waals surface area contributed by atoms with Crippen LogP contribution in [0.4, 0.5) is 39.9 Å². The molecule has 2 aromatic heterocycles. The molecule has 302 valence electrons. The number of nitriles is 1. The second-order valence-corrected chi connectivity index (χ2v) is 16.7. The molecule has 10 aromatic rings. The van der Waals surface area contributed by atoms with Crippen LogP contribution in [0.15, 0.2) is 206 Å². The molecule has 0 bridgehead atoms. The highest BCUT2D eigenvalue weighted by Crippen LogP contribution is 2.52. The Labute approximate surface area is 372 Å². The molecule has 1 aliphatic heterocycles. The topological polar surface area (TPSA) is 52.5 Å². The van der Waals surface area contributed by atoms with Crippen molar-refractivity contribution < 1.29 is 0 Å². The summed E-state index contributed by atoms with van der Waals surface area (Å²) in [6.45, 7) is 12.3. The number of benzene rings is 8. The Morgan fingerprint density at radius 3 is 1.52 bits per heavy atom. The highest BCUT2D eigenvalue weighted by atomic mass is 15.2. The van der Waals surface area contributed by atoms with E-state index in [4.69, 9.17) is 11.6 Å². The Morgan fingerprint density at radius 2 is 1.00 bits per heavy atom. The quantitative estimate of drug-likeness (QED) is 0.150. The van der Waals surface area contributed by atoms with Gasteiger partial charge in [0.15, 0.2) is 5.69 Å². The molecular weight excluding hydrogens is 781 g/mol. The fraction of sp³-hybridized carbons (Fsp3) is 0.0517. The van der Waals surface area contributed by atoms with Crippen LogP contribution < -0.4 is 9.80 Å². The maximum Gasteiger partial charge on any atom is 0.187 e. The van der Waals surface area contributed by atoms with Crippen molar-refractivity contribution >= 4 is 61.7 Å². The smallest absolute Gasteiger partial charge is 0.187 e. The summed E-state index contributed by atoms with van der Waals surface area (Å²) in [7, 11) is 0. The van der Waals surface area contributed by atoms with Crippen LogP contribution in [0, 0.1) is 17.9 Å². The van der Waals surface area contributed by atoms with Crippen LogP contribution in [0.3, 0.4) is 0 Å². The van der Waals surface area contributed by atoms with E-state index < -0.39 is 0 Å². The Hall–Kier alpha value is -8.71. The number of rotatable bonds is 7. The number of nitrogens with zero attached hydrogens (tertiary/aromatic N) is 6. The van der Waals surface area contributed by atoms with Gasteiger partial charge in [0.2, 0.25) is 0 Å². The first-order valence-electron chi connectivity index (χ1n) is 21.4. The molecule has 0 N–H and O–H groups in total. The number of aromatic nitrogens is 2. The van der Waals surface area contributed by atoms with E-state index in [9.17, 15) is 5.26 Å². The lowest BCUT2D eigenvalue weighted by Crippen LogP contribution is -2.31. The third kappa shape index (κ3) is 6.37. The van der Waals surface area contributed by atoms with E-state index in [0.717, 1.165) is 84.1 Å². The molecule has 0 fully saturated rings. The molecule has 0 unspecified atom stereocenters. The molecule has 8 aromatic carbocycles. The predicted octanol–water partition coefficient (Wildman–Crippen LogP) is 15.5. The molecule has 1 aliphatic rings. The van der Waals surface area contributed by atoms with Gasteiger partial charge >= 0.3 is 0 Å². The lowest BCUT2D eigenvalue weighted by atomic mass is 9.73. The van der Waals surface area contributed by atoms with Crippen molar-refractivity contribution in [2.24, 2.45) is 0 Å². The molecular formula is C58H40N6. The van der Waals surface area contributed by atoms with E-state index in [1.54, 1.807) is 0 Å². The minimum absolute atomic E-state index is 0.261. The molecule has 0 saturated carbocycles. The average molecular weight is 821 g/mol. The lowest BCUT2D eigenvalue weighted by Gasteiger charge is -2.41. The first-order valence-corrected chi connectivity index (χ1v) is 21.4. The highest BCUT2D eigenvalue weighted by Gasteiger charge is 2.37. The van der Waals surface area contributed by atoms with Gasteiger partial charge in [-0.25, -0.2) is 9.83 Å². The van der Waals surface area contributed by atoms with Gasteiger partial charge in [-0.3, -0.25) is 9.47 Å². The molecule has 0 amide bonds. The van der Waals surface area contributed by atoms with Crippen LogP contribution in [0.2, 0.25) is 0 Å². The van der Waals surface area contributed by atoms with Crippen molar-refractivity contribution in [1.29, 1.82) is 5.26 Å². The minimum atomic E-state index is -0.261. The van der Waals surface area contributed by atoms with Gasteiger partial charge < -0.3 is 4.90 Å². The van der Waals surface area contributed by atoms with Gasteiger partial charge in [0.25, 0.3) is 0 Å². The number of para-hydroxylation sites is 2. The van der Waals surface area contributed by atoms with E-state index in [2.05, 4.69) is 197 Å². The van der Waals surface area contributed by atoms with Gasteiger partial charge in [-0.1, -0.05) is 135 Å². The molecule has 64 heavy (non-hydrogen) atoms. The maximum atomic E-state index is 9.81. The monoisotopic (exact) mass is 820 g/mol. The van der Waals surface area contributed by atoms with Crippen LogP contribution in [0.5, 0.6) is 0 Å². The van der Waals surface area contributed by atoms with Crippen molar-refractivity contribution in [3.05, 3.63) is 234 Å². The number of anilines is 6. The summed E-state index contributed by atoms with van der Waals surface area (Å²) in [6.07, 6.45) is 0. The van der Waals surface area contributed by atoms with Crippen LogP contribution in [-0.4, -0.2) is 9.55 Å². The average Bonchev–Trinajstić information content (AvgIpc) is 3.68. The summed E-state index contributed by atoms with van der Waals surface area (Å²) in [5.74, 6) is 1.49. The second kappa shape index (κ2) is 15.3. The SMILES string of the molecule is [C-]#[N+]c1ccc(N(c2ccc(C#N)cc2)c2cc(N3c4ccccc4C(C)(C)c4ccccc43)nc(-n3c4ccc(-c5ccccc5)cc4c4cc(-c5ccccc5)ccc43)c2)cc1. The van der Waals surface area contributed by atoms with Crippen molar-refractivity contribution in [3.63, 3.8) is 0 Å². The third-order valence-corrected chi connectivity index (χ3v) is 12.6. The van der Waals surface area contributed by atoms with E-state index in [0.29, 0.717) is 11.3 Å². The van der Waals surface area contributed by atoms with Crippen molar-refractivity contribution in [2.75, 3.05) is 9.80 Å². The molecule has 0 aliphatic carbocycles. The Kier molecular flexibility index (Phi) is 9.16. The largest absolute Gasteiger partial charge is 0.310 e. The normalized spacial score (nSPS) is 12.6. The fourth-order valence-electron chi connectivity index (χ4n) is 9.46. The molecule has 0 saturated heterocycles. The Morgan fingerprint density at radius 1 is 0.516 bits per heavy atom. The van der Waals surface area contributed by atoms with Crippen LogP contribution >= 0.6 is 0 Å². The van der Waals surface area contributed by atoms with Gasteiger partial charge in [-0.15, -0.1) is 0 Å². The summed E-state index contributed by atoms with van der Waals surface area (Å²) in [5.41, 5.74) is 14.6. The minimum Gasteiger partial charge on any atom is -0.310 e. The van der Waals surface area contributed by atoms with Crippen molar-refractivity contribution in [3.8, 4) is 34.1 Å². The molecule has 6 heteroatoms. The Balaban J connectivity index is 1.23. The highest BCUT2D eigenvalue weighted by molar-refractivity contribution is 6.11. The summed E-state index contributed by atoms with van der Waals surface area (Å²) >= 11 is 0. The molecule has 3 heterocycles. The zero-order chi connectivity index (χ0) is 43.4. The number of fused-ring (bicyclic) bond motifs is 5. The molecule has 0 spiro atoms. The third-order valence-electron chi connectivity index (χ3n) is 12.6. The van der Waals surface area contributed by atoms with Crippen molar-refractivity contribution in [2.45, 2.75) is 19.3 Å². The molecule has 0 atom stereocenters. The molecule has 6 nitrogen and oxygen atoms in total. The summed E-state index contributed by atoms with van der Waals surface area (Å²) in [5, 5.41) is 12.1. The van der Waals surface area contributed by atoms with Gasteiger partial charge in [-0.2, -0.15) is 5.26 Å². The van der Waals surface area contributed by atoms with Gasteiger partial charge in [0, 0.05) is 39.7 Å². The molecule has 0 radical (unpaired) electrons. The maximum absolute atomic E-state index is 9.81. The van der Waals surface area contributed by atoms with Gasteiger partial charge in [-0.05, 0) is 106 Å². The summed E-state index contributed by atoms with van der Waals surface area (Å²) in [4.78, 5) is 13.9. The van der Waals surface area contributed by atoms with E-state index in [1.165, 1.54) is 11.1 Å². The van der Waals surface area contributed by atoms with Gasteiger partial charge in [0.1, 0.15) is 11.6 Å². The zero-order valence-electron chi connectivity index (χ0n) is 35.3. The summed E-state index contributed by atoms with van der Waals surface area (Å²) in [6, 6.07) is 73.7. The first kappa shape index (κ1) is 38.2. The van der Waals surface area contributed by atoms with Crippen LogP contribution in [0.1, 0.15) is 30.5 Å². The standard InChI is InChI=1S/C58H40N6/c1-58(2)50-18-10-12-20-54(50)64(55-21-13-11-19-51(55)58)57-37-47(62(45-28-22-39(38-59)23-29-45)46-30-26-44(60-3)27-31-46)36-56(61-57)63-52-32-24-42(40-14-6-4-7-15-40)34-48(52)49-35-43(25-33-53(49)63)41-16-8-5-9-17-41/h4-37H,1-2H3. The summed E-state index contributed by atoms with van der Waals surface area (Å²) < 4.78 is 2.30. The van der Waals surface area contributed by atoms with Crippen molar-refractivity contribution in [1.82, 2.24) is 9.55 Å². The first-order chi connectivity index (χ1) is 31.4. The zero-order valence-corrected chi connectivity index (χ0v) is 35.3. The molecule has 11 rings (SSSR count). The lowest BCUT2D eigenvalue weighted by molar-refractivity contribution is 0.631. The van der Waals surface area contributed by atoms with Crippen LogP contribution in [0.25, 0.3) is 54.7 Å². The fourth-order valence-corrected chi connectivity index (χ4v) is 9.46. The van der Waals surface area contributed by atoms with E-state index in [1.807, 2.05) is 48.5 Å². The predicted molar refractivity (Wildman–Crippen MR) is 262 cm³/mol. The number of hydrogen-bond acceptors (Lipinski definition) is 4. The number of pyridine rings is 1. The van der Waals surface area contributed by atoms with E-state index >= 15 is 0 Å². The second-order valence-electron chi connectivity index (χ2n) is 16.7. The Bertz CT molecular complexity index is 3280. The van der Waals surface area contributed by atoms with E-state index in [-0.39, 0.29) is 5.41 Å². The number of hydrogen-bond donors (Lipinski definition) is 0.